The summed E-state index contributed by atoms with van der Waals surface area (Å²) in [6.45, 7) is 2.24. The van der Waals surface area contributed by atoms with Gasteiger partial charge in [0.2, 0.25) is 11.8 Å². The van der Waals surface area contributed by atoms with Crippen LogP contribution >= 0.6 is 15.9 Å². The van der Waals surface area contributed by atoms with Gasteiger partial charge in [-0.3, -0.25) is 9.59 Å². The third kappa shape index (κ3) is 5.04. The number of carbonyl (C=O) groups excluding carboxylic acids is 2. The van der Waals surface area contributed by atoms with Gasteiger partial charge in [0.25, 0.3) is 0 Å². The van der Waals surface area contributed by atoms with Gasteiger partial charge in [-0.1, -0.05) is 41.3 Å². The van der Waals surface area contributed by atoms with Crippen LogP contribution in [-0.4, -0.2) is 23.9 Å². The normalized spacial score (nSPS) is 16.7. The number of amides is 2. The smallest absolute Gasteiger partial charge is 0.240 e. The Bertz CT molecular complexity index is 583. The zero-order chi connectivity index (χ0) is 16.9. The number of nitrogens with one attached hydrogen (secondary N) is 2. The lowest BCUT2D eigenvalue weighted by atomic mass is 9.82. The van der Waals surface area contributed by atoms with Crippen LogP contribution in [0.25, 0.3) is 0 Å². The number of carbonyl (C=O) groups is 2. The minimum Gasteiger partial charge on any atom is -0.354 e. The molecule has 1 aromatic rings. The number of benzene rings is 1. The number of halogens is 1. The molecule has 1 aliphatic rings. The van der Waals surface area contributed by atoms with Crippen LogP contribution in [0.15, 0.2) is 22.7 Å². The summed E-state index contributed by atoms with van der Waals surface area (Å²) >= 11 is 3.39. The number of hydrogen-bond acceptors (Lipinski definition) is 3. The van der Waals surface area contributed by atoms with E-state index in [0.717, 1.165) is 47.8 Å². The molecule has 0 heterocycles. The summed E-state index contributed by atoms with van der Waals surface area (Å²) in [4.78, 5) is 24.2. The number of aryl methyl sites for hydroxylation is 1. The number of hydrogen-bond donors (Lipinski definition) is 3. The molecule has 0 aromatic heterocycles. The van der Waals surface area contributed by atoms with Crippen molar-refractivity contribution < 1.29 is 9.59 Å². The first-order chi connectivity index (χ1) is 10.9. The Morgan fingerprint density at radius 2 is 1.96 bits per heavy atom. The molecule has 1 fully saturated rings. The first-order valence-electron chi connectivity index (χ1n) is 8.04. The van der Waals surface area contributed by atoms with Gasteiger partial charge in [-0.05, 0) is 37.5 Å². The average molecular weight is 382 g/mol. The van der Waals surface area contributed by atoms with Crippen molar-refractivity contribution in [1.82, 2.24) is 5.32 Å². The van der Waals surface area contributed by atoms with Gasteiger partial charge in [0, 0.05) is 23.1 Å². The van der Waals surface area contributed by atoms with Gasteiger partial charge in [0.15, 0.2) is 0 Å². The summed E-state index contributed by atoms with van der Waals surface area (Å²) in [5, 5.41) is 5.66. The van der Waals surface area contributed by atoms with Crippen molar-refractivity contribution in [2.45, 2.75) is 51.0 Å². The van der Waals surface area contributed by atoms with Crippen LogP contribution in [0.5, 0.6) is 0 Å². The summed E-state index contributed by atoms with van der Waals surface area (Å²) in [7, 11) is 0. The Morgan fingerprint density at radius 1 is 1.26 bits per heavy atom. The highest BCUT2D eigenvalue weighted by Crippen LogP contribution is 2.26. The number of nitrogens with two attached hydrogens (primary N) is 1. The van der Waals surface area contributed by atoms with E-state index in [1.54, 1.807) is 0 Å². The first-order valence-corrected chi connectivity index (χ1v) is 8.83. The minimum absolute atomic E-state index is 0.124. The van der Waals surface area contributed by atoms with Crippen molar-refractivity contribution in [2.75, 3.05) is 11.9 Å². The summed E-state index contributed by atoms with van der Waals surface area (Å²) in [5.74, 6) is -0.259. The van der Waals surface area contributed by atoms with Crippen molar-refractivity contribution in [1.29, 1.82) is 0 Å². The summed E-state index contributed by atoms with van der Waals surface area (Å²) in [6.07, 6.45) is 4.80. The molecule has 0 atom stereocenters. The van der Waals surface area contributed by atoms with E-state index in [9.17, 15) is 9.59 Å². The van der Waals surface area contributed by atoms with Crippen LogP contribution in [0.4, 0.5) is 5.69 Å². The van der Waals surface area contributed by atoms with Crippen molar-refractivity contribution in [3.8, 4) is 0 Å². The molecule has 0 bridgehead atoms. The van der Waals surface area contributed by atoms with E-state index in [1.807, 2.05) is 25.1 Å². The molecular formula is C17H24BrN3O2. The topological polar surface area (TPSA) is 84.2 Å². The van der Waals surface area contributed by atoms with Crippen molar-refractivity contribution >= 4 is 33.4 Å². The summed E-state index contributed by atoms with van der Waals surface area (Å²) in [5.41, 5.74) is 7.18. The van der Waals surface area contributed by atoms with E-state index in [2.05, 4.69) is 26.6 Å². The van der Waals surface area contributed by atoms with Crippen molar-refractivity contribution in [2.24, 2.45) is 5.73 Å². The van der Waals surface area contributed by atoms with Crippen LogP contribution in [0, 0.1) is 6.92 Å². The third-order valence-corrected chi connectivity index (χ3v) is 4.80. The van der Waals surface area contributed by atoms with Crippen LogP contribution in [0.3, 0.4) is 0 Å². The van der Waals surface area contributed by atoms with Crippen molar-refractivity contribution in [3.05, 3.63) is 28.2 Å². The molecule has 1 aliphatic carbocycles. The molecular weight excluding hydrogens is 358 g/mol. The maximum atomic E-state index is 12.2. The average Bonchev–Trinajstić information content (AvgIpc) is 2.51. The van der Waals surface area contributed by atoms with E-state index < -0.39 is 5.54 Å². The van der Waals surface area contributed by atoms with Gasteiger partial charge >= 0.3 is 0 Å². The second-order valence-corrected chi connectivity index (χ2v) is 7.15. The van der Waals surface area contributed by atoms with E-state index >= 15 is 0 Å². The lowest BCUT2D eigenvalue weighted by molar-refractivity contribution is -0.127. The Hall–Kier alpha value is -1.40. The highest BCUT2D eigenvalue weighted by Gasteiger charge is 2.34. The Labute approximate surface area is 145 Å². The van der Waals surface area contributed by atoms with Crippen LogP contribution in [0.2, 0.25) is 0 Å². The first kappa shape index (κ1) is 17.9. The highest BCUT2D eigenvalue weighted by molar-refractivity contribution is 9.10. The van der Waals surface area contributed by atoms with Gasteiger partial charge in [-0.15, -0.1) is 0 Å². The van der Waals surface area contributed by atoms with Gasteiger partial charge in [0.1, 0.15) is 0 Å². The fraction of sp³-hybridized carbons (Fsp3) is 0.529. The van der Waals surface area contributed by atoms with Crippen LogP contribution < -0.4 is 16.4 Å². The van der Waals surface area contributed by atoms with Gasteiger partial charge in [-0.25, -0.2) is 0 Å². The van der Waals surface area contributed by atoms with Gasteiger partial charge < -0.3 is 16.4 Å². The van der Waals surface area contributed by atoms with Gasteiger partial charge in [0.05, 0.1) is 5.54 Å². The molecule has 0 saturated heterocycles. The highest BCUT2D eigenvalue weighted by atomic mass is 79.9. The molecule has 23 heavy (non-hydrogen) atoms. The molecule has 0 unspecified atom stereocenters. The number of anilines is 1. The van der Waals surface area contributed by atoms with Crippen LogP contribution in [0.1, 0.15) is 44.1 Å². The standard InChI is InChI=1S/C17H24BrN3O2/c1-12-5-6-13(18)11-14(12)21-15(22)7-10-20-16(23)17(19)8-3-2-4-9-17/h5-6,11H,2-4,7-10,19H2,1H3,(H,20,23)(H,21,22). The molecule has 5 nitrogen and oxygen atoms in total. The Kier molecular flexibility index (Phi) is 6.18. The molecule has 1 aromatic carbocycles. The maximum Gasteiger partial charge on any atom is 0.240 e. The van der Waals surface area contributed by atoms with E-state index in [0.29, 0.717) is 6.54 Å². The molecule has 126 valence electrons. The minimum atomic E-state index is -0.754. The monoisotopic (exact) mass is 381 g/mol. The molecule has 6 heteroatoms. The molecule has 0 radical (unpaired) electrons. The lowest BCUT2D eigenvalue weighted by Crippen LogP contribution is -2.55. The quantitative estimate of drug-likeness (QED) is 0.732. The lowest BCUT2D eigenvalue weighted by Gasteiger charge is -2.31. The Morgan fingerprint density at radius 3 is 2.65 bits per heavy atom. The predicted octanol–water partition coefficient (Wildman–Crippen LogP) is 2.86. The SMILES string of the molecule is Cc1ccc(Br)cc1NC(=O)CCNC(=O)C1(N)CCCCC1. The molecule has 0 aliphatic heterocycles. The predicted molar refractivity (Wildman–Crippen MR) is 95.1 cm³/mol. The van der Waals surface area contributed by atoms with E-state index in [-0.39, 0.29) is 18.2 Å². The summed E-state index contributed by atoms with van der Waals surface area (Å²) in [6, 6.07) is 5.72. The Balaban J connectivity index is 1.78. The fourth-order valence-electron chi connectivity index (χ4n) is 2.82. The summed E-state index contributed by atoms with van der Waals surface area (Å²) < 4.78 is 0.911. The second kappa shape index (κ2) is 7.93. The second-order valence-electron chi connectivity index (χ2n) is 6.23. The van der Waals surface area contributed by atoms with Crippen molar-refractivity contribution in [3.63, 3.8) is 0 Å². The van der Waals surface area contributed by atoms with E-state index in [4.69, 9.17) is 5.73 Å². The molecule has 2 amide bonds. The van der Waals surface area contributed by atoms with E-state index in [1.165, 1.54) is 0 Å². The zero-order valence-electron chi connectivity index (χ0n) is 13.5. The number of rotatable bonds is 5. The molecule has 4 N–H and O–H groups in total. The third-order valence-electron chi connectivity index (χ3n) is 4.31. The largest absolute Gasteiger partial charge is 0.354 e. The van der Waals surface area contributed by atoms with Crippen LogP contribution in [-0.2, 0) is 9.59 Å². The van der Waals surface area contributed by atoms with Gasteiger partial charge in [-0.2, -0.15) is 0 Å². The molecule has 1 saturated carbocycles. The molecule has 0 spiro atoms. The molecule has 2 rings (SSSR count). The fourth-order valence-corrected chi connectivity index (χ4v) is 3.18. The zero-order valence-corrected chi connectivity index (χ0v) is 15.0. The maximum absolute atomic E-state index is 12.2.